The zero-order chi connectivity index (χ0) is 25.1. The van der Waals surface area contributed by atoms with Gasteiger partial charge in [0, 0.05) is 19.6 Å². The van der Waals surface area contributed by atoms with Crippen molar-refractivity contribution in [1.29, 1.82) is 0 Å². The Labute approximate surface area is 212 Å². The van der Waals surface area contributed by atoms with Gasteiger partial charge in [0.1, 0.15) is 0 Å². The molecule has 0 aromatic carbocycles. The minimum Gasteiger partial charge on any atom is -0.465 e. The van der Waals surface area contributed by atoms with E-state index in [1.165, 1.54) is 77.0 Å². The van der Waals surface area contributed by atoms with E-state index in [0.717, 1.165) is 13.0 Å². The Morgan fingerprint density at radius 3 is 1.68 bits per heavy atom. The van der Waals surface area contributed by atoms with Crippen LogP contribution in [0.25, 0.3) is 0 Å². The summed E-state index contributed by atoms with van der Waals surface area (Å²) in [5, 5.41) is 0. The van der Waals surface area contributed by atoms with Crippen LogP contribution >= 0.6 is 0 Å². The van der Waals surface area contributed by atoms with Gasteiger partial charge in [-0.3, -0.25) is 4.79 Å². The molecule has 0 aromatic rings. The summed E-state index contributed by atoms with van der Waals surface area (Å²) in [6.45, 7) is 13.2. The van der Waals surface area contributed by atoms with E-state index in [0.29, 0.717) is 64.3 Å². The van der Waals surface area contributed by atoms with Crippen molar-refractivity contribution < 1.29 is 23.7 Å². The molecule has 0 N–H and O–H groups in total. The van der Waals surface area contributed by atoms with Crippen LogP contribution in [0.15, 0.2) is 0 Å². The third kappa shape index (κ3) is 26.0. The SMILES string of the molecule is CCCCCCCCC(CCCCCC)COC(=O)CCCOCCOCCOCCC(C)C. The topological polar surface area (TPSA) is 54.0 Å². The van der Waals surface area contributed by atoms with Crippen molar-refractivity contribution in [1.82, 2.24) is 0 Å². The van der Waals surface area contributed by atoms with Gasteiger partial charge in [-0.05, 0) is 37.5 Å². The summed E-state index contributed by atoms with van der Waals surface area (Å²) >= 11 is 0. The van der Waals surface area contributed by atoms with Crippen LogP contribution < -0.4 is 0 Å². The van der Waals surface area contributed by atoms with Crippen molar-refractivity contribution in [3.05, 3.63) is 0 Å². The number of hydrogen-bond acceptors (Lipinski definition) is 5. The first-order valence-electron chi connectivity index (χ1n) is 14.5. The average Bonchev–Trinajstić information content (AvgIpc) is 2.82. The van der Waals surface area contributed by atoms with Gasteiger partial charge in [-0.1, -0.05) is 91.9 Å². The second-order valence-corrected chi connectivity index (χ2v) is 10.1. The van der Waals surface area contributed by atoms with Gasteiger partial charge in [-0.2, -0.15) is 0 Å². The maximum absolute atomic E-state index is 12.2. The molecule has 0 aliphatic rings. The third-order valence-corrected chi connectivity index (χ3v) is 6.17. The molecule has 0 fully saturated rings. The number of hydrogen-bond donors (Lipinski definition) is 0. The van der Waals surface area contributed by atoms with E-state index in [4.69, 9.17) is 18.9 Å². The van der Waals surface area contributed by atoms with Crippen LogP contribution in [0.5, 0.6) is 0 Å². The lowest BCUT2D eigenvalue weighted by molar-refractivity contribution is -0.145. The maximum Gasteiger partial charge on any atom is 0.305 e. The highest BCUT2D eigenvalue weighted by molar-refractivity contribution is 5.69. The van der Waals surface area contributed by atoms with Crippen LogP contribution in [-0.2, 0) is 23.7 Å². The monoisotopic (exact) mass is 486 g/mol. The summed E-state index contributed by atoms with van der Waals surface area (Å²) in [4.78, 5) is 12.2. The van der Waals surface area contributed by atoms with E-state index in [9.17, 15) is 4.79 Å². The molecule has 5 heteroatoms. The van der Waals surface area contributed by atoms with Gasteiger partial charge in [0.15, 0.2) is 0 Å². The Hall–Kier alpha value is -0.650. The molecule has 0 aliphatic heterocycles. The highest BCUT2D eigenvalue weighted by Crippen LogP contribution is 2.19. The standard InChI is InChI=1S/C29H58O5/c1-5-7-9-11-12-14-17-28(16-13-10-8-6-2)26-34-29(30)18-15-20-31-22-24-33-25-23-32-21-19-27(3)4/h27-28H,5-26H2,1-4H3. The fourth-order valence-electron chi connectivity index (χ4n) is 3.85. The number of rotatable bonds is 27. The van der Waals surface area contributed by atoms with Crippen molar-refractivity contribution >= 4 is 5.97 Å². The average molecular weight is 487 g/mol. The first-order chi connectivity index (χ1) is 16.6. The molecule has 204 valence electrons. The Morgan fingerprint density at radius 2 is 1.09 bits per heavy atom. The fourth-order valence-corrected chi connectivity index (χ4v) is 3.85. The summed E-state index contributed by atoms with van der Waals surface area (Å²) in [5.41, 5.74) is 0. The Bertz CT molecular complexity index is 413. The van der Waals surface area contributed by atoms with Crippen molar-refractivity contribution in [3.63, 3.8) is 0 Å². The molecule has 0 saturated heterocycles. The quantitative estimate of drug-likeness (QED) is 0.0877. The molecule has 0 aromatic heterocycles. The summed E-state index contributed by atoms with van der Waals surface area (Å²) in [6.07, 6.45) is 17.6. The number of ether oxygens (including phenoxy) is 4. The van der Waals surface area contributed by atoms with Crippen molar-refractivity contribution in [2.75, 3.05) is 46.2 Å². The Kier molecular flexibility index (Phi) is 26.4. The van der Waals surface area contributed by atoms with Crippen LogP contribution in [0.2, 0.25) is 0 Å². The van der Waals surface area contributed by atoms with Gasteiger partial charge in [-0.15, -0.1) is 0 Å². The van der Waals surface area contributed by atoms with E-state index in [2.05, 4.69) is 27.7 Å². The smallest absolute Gasteiger partial charge is 0.305 e. The molecule has 5 nitrogen and oxygen atoms in total. The van der Waals surface area contributed by atoms with Gasteiger partial charge in [0.25, 0.3) is 0 Å². The molecule has 0 saturated carbocycles. The molecule has 1 atom stereocenters. The molecule has 0 aliphatic carbocycles. The summed E-state index contributed by atoms with van der Waals surface area (Å²) in [5.74, 6) is 1.11. The molecule has 1 unspecified atom stereocenters. The van der Waals surface area contributed by atoms with Gasteiger partial charge in [0.05, 0.1) is 33.0 Å². The lowest BCUT2D eigenvalue weighted by Crippen LogP contribution is -2.15. The summed E-state index contributed by atoms with van der Waals surface area (Å²) < 4.78 is 22.2. The van der Waals surface area contributed by atoms with Crippen LogP contribution in [0.3, 0.4) is 0 Å². The van der Waals surface area contributed by atoms with Crippen LogP contribution in [0.1, 0.15) is 124 Å². The van der Waals surface area contributed by atoms with Gasteiger partial charge in [0.2, 0.25) is 0 Å². The predicted octanol–water partition coefficient (Wildman–Crippen LogP) is 7.74. The van der Waals surface area contributed by atoms with E-state index in [-0.39, 0.29) is 5.97 Å². The largest absolute Gasteiger partial charge is 0.465 e. The normalized spacial score (nSPS) is 12.4. The van der Waals surface area contributed by atoms with Gasteiger partial charge in [-0.25, -0.2) is 0 Å². The molecule has 0 spiro atoms. The third-order valence-electron chi connectivity index (χ3n) is 6.17. The Balaban J connectivity index is 3.73. The number of unbranched alkanes of at least 4 members (excludes halogenated alkanes) is 8. The van der Waals surface area contributed by atoms with Gasteiger partial charge < -0.3 is 18.9 Å². The summed E-state index contributed by atoms with van der Waals surface area (Å²) in [7, 11) is 0. The minimum atomic E-state index is -0.0834. The zero-order valence-electron chi connectivity index (χ0n) is 23.3. The van der Waals surface area contributed by atoms with Gasteiger partial charge >= 0.3 is 5.97 Å². The van der Waals surface area contributed by atoms with E-state index >= 15 is 0 Å². The number of carbonyl (C=O) groups excluding carboxylic acids is 1. The Morgan fingerprint density at radius 1 is 0.588 bits per heavy atom. The molecular weight excluding hydrogens is 428 g/mol. The van der Waals surface area contributed by atoms with Crippen LogP contribution in [0.4, 0.5) is 0 Å². The van der Waals surface area contributed by atoms with E-state index < -0.39 is 0 Å². The molecule has 34 heavy (non-hydrogen) atoms. The second-order valence-electron chi connectivity index (χ2n) is 10.1. The maximum atomic E-state index is 12.2. The first kappa shape index (κ1) is 33.4. The molecule has 0 rings (SSSR count). The fraction of sp³-hybridized carbons (Fsp3) is 0.966. The second kappa shape index (κ2) is 26.9. The highest BCUT2D eigenvalue weighted by Gasteiger charge is 2.12. The van der Waals surface area contributed by atoms with E-state index in [1.54, 1.807) is 0 Å². The first-order valence-corrected chi connectivity index (χ1v) is 14.5. The lowest BCUT2D eigenvalue weighted by Gasteiger charge is -2.17. The van der Waals surface area contributed by atoms with Crippen molar-refractivity contribution in [2.45, 2.75) is 124 Å². The number of carbonyl (C=O) groups is 1. The molecule has 0 heterocycles. The number of esters is 1. The molecule has 0 bridgehead atoms. The van der Waals surface area contributed by atoms with Crippen molar-refractivity contribution in [3.8, 4) is 0 Å². The minimum absolute atomic E-state index is 0.0834. The van der Waals surface area contributed by atoms with E-state index in [1.807, 2.05) is 0 Å². The molecule has 0 amide bonds. The molecule has 0 radical (unpaired) electrons. The van der Waals surface area contributed by atoms with Crippen molar-refractivity contribution in [2.24, 2.45) is 11.8 Å². The van der Waals surface area contributed by atoms with Crippen LogP contribution in [-0.4, -0.2) is 52.2 Å². The highest BCUT2D eigenvalue weighted by atomic mass is 16.5. The summed E-state index contributed by atoms with van der Waals surface area (Å²) in [6, 6.07) is 0. The zero-order valence-corrected chi connectivity index (χ0v) is 23.3. The van der Waals surface area contributed by atoms with Crippen LogP contribution in [0, 0.1) is 11.8 Å². The predicted molar refractivity (Wildman–Crippen MR) is 142 cm³/mol. The lowest BCUT2D eigenvalue weighted by atomic mass is 9.95. The molecular formula is C29H58O5.